The van der Waals surface area contributed by atoms with Gasteiger partial charge in [0.2, 0.25) is 5.91 Å². The van der Waals surface area contributed by atoms with Gasteiger partial charge in [-0.2, -0.15) is 5.10 Å². The summed E-state index contributed by atoms with van der Waals surface area (Å²) in [6, 6.07) is 10.0. The Kier molecular flexibility index (Phi) is 6.27. The molecule has 2 aromatic rings. The Morgan fingerprint density at radius 1 is 1.12 bits per heavy atom. The smallest absolute Gasteiger partial charge is 0.225 e. The van der Waals surface area contributed by atoms with Gasteiger partial charge in [-0.1, -0.05) is 30.3 Å². The molecule has 2 fully saturated rings. The Bertz CT molecular complexity index is 714. The third-order valence-corrected chi connectivity index (χ3v) is 5.34. The first-order valence-corrected chi connectivity index (χ1v) is 9.28. The largest absolute Gasteiger partial charge is 0.342 e. The summed E-state index contributed by atoms with van der Waals surface area (Å²) in [7, 11) is 0. The van der Waals surface area contributed by atoms with E-state index in [1.807, 2.05) is 30.3 Å². The first-order valence-electron chi connectivity index (χ1n) is 9.28. The molecule has 0 saturated carbocycles. The number of hydrogen-bond acceptors (Lipinski definition) is 4. The van der Waals surface area contributed by atoms with Gasteiger partial charge in [-0.3, -0.25) is 9.89 Å². The molecule has 7 heteroatoms. The first-order chi connectivity index (χ1) is 12.3. The maximum atomic E-state index is 12.8. The van der Waals surface area contributed by atoms with E-state index in [2.05, 4.69) is 20.4 Å². The van der Waals surface area contributed by atoms with Crippen LogP contribution in [0.25, 0.3) is 11.4 Å². The minimum absolute atomic E-state index is 0. The average molecular weight is 376 g/mol. The second kappa shape index (κ2) is 8.64. The van der Waals surface area contributed by atoms with Gasteiger partial charge >= 0.3 is 0 Å². The van der Waals surface area contributed by atoms with Crippen molar-refractivity contribution in [1.29, 1.82) is 0 Å². The number of H-pyrrole nitrogens is 1. The highest BCUT2D eigenvalue weighted by Gasteiger charge is 2.31. The highest BCUT2D eigenvalue weighted by Crippen LogP contribution is 2.28. The van der Waals surface area contributed by atoms with Crippen LogP contribution in [-0.2, 0) is 4.79 Å². The molecule has 2 N–H and O–H groups in total. The number of rotatable bonds is 3. The van der Waals surface area contributed by atoms with E-state index in [4.69, 9.17) is 4.98 Å². The van der Waals surface area contributed by atoms with Crippen LogP contribution in [0.4, 0.5) is 0 Å². The Hall–Kier alpha value is -1.92. The van der Waals surface area contributed by atoms with E-state index in [9.17, 15) is 4.79 Å². The summed E-state index contributed by atoms with van der Waals surface area (Å²) < 4.78 is 0. The fraction of sp³-hybridized carbons (Fsp3) is 0.526. The molecule has 0 bridgehead atoms. The molecule has 0 radical (unpaired) electrons. The van der Waals surface area contributed by atoms with Crippen molar-refractivity contribution in [3.8, 4) is 11.4 Å². The van der Waals surface area contributed by atoms with Crippen LogP contribution in [0.2, 0.25) is 0 Å². The van der Waals surface area contributed by atoms with Gasteiger partial charge in [0, 0.05) is 30.5 Å². The number of nitrogens with one attached hydrogen (secondary N) is 2. The highest BCUT2D eigenvalue weighted by atomic mass is 35.5. The molecule has 0 aliphatic carbocycles. The first kappa shape index (κ1) is 18.9. The number of halogens is 1. The second-order valence-corrected chi connectivity index (χ2v) is 7.06. The van der Waals surface area contributed by atoms with E-state index in [0.717, 1.165) is 69.1 Å². The van der Waals surface area contributed by atoms with Gasteiger partial charge in [0.05, 0.1) is 0 Å². The molecular weight excluding hydrogens is 350 g/mol. The van der Waals surface area contributed by atoms with E-state index >= 15 is 0 Å². The van der Waals surface area contributed by atoms with Gasteiger partial charge in [0.15, 0.2) is 5.82 Å². The number of likely N-dealkylation sites (tertiary alicyclic amines) is 1. The second-order valence-electron chi connectivity index (χ2n) is 7.06. The van der Waals surface area contributed by atoms with Gasteiger partial charge in [-0.15, -0.1) is 12.4 Å². The lowest BCUT2D eigenvalue weighted by Gasteiger charge is -2.35. The Labute approximate surface area is 160 Å². The molecule has 2 aliphatic heterocycles. The van der Waals surface area contributed by atoms with Crippen LogP contribution in [-0.4, -0.2) is 52.2 Å². The van der Waals surface area contributed by atoms with Crippen molar-refractivity contribution in [3.05, 3.63) is 36.2 Å². The number of aromatic nitrogens is 3. The van der Waals surface area contributed by atoms with E-state index in [1.54, 1.807) is 0 Å². The zero-order valence-electron chi connectivity index (χ0n) is 14.9. The maximum Gasteiger partial charge on any atom is 0.225 e. The molecule has 1 atom stereocenters. The number of carbonyl (C=O) groups is 1. The summed E-state index contributed by atoms with van der Waals surface area (Å²) in [4.78, 5) is 19.6. The Morgan fingerprint density at radius 2 is 1.88 bits per heavy atom. The predicted molar refractivity (Wildman–Crippen MR) is 103 cm³/mol. The lowest BCUT2D eigenvalue weighted by Crippen LogP contribution is -2.45. The summed E-state index contributed by atoms with van der Waals surface area (Å²) in [5.74, 6) is 2.41. The van der Waals surface area contributed by atoms with Gasteiger partial charge in [-0.25, -0.2) is 4.98 Å². The molecule has 2 aliphatic rings. The number of hydrogen-bond donors (Lipinski definition) is 2. The fourth-order valence-electron chi connectivity index (χ4n) is 3.90. The summed E-state index contributed by atoms with van der Waals surface area (Å²) >= 11 is 0. The molecule has 1 unspecified atom stereocenters. The zero-order valence-corrected chi connectivity index (χ0v) is 15.7. The van der Waals surface area contributed by atoms with Crippen LogP contribution in [0.1, 0.15) is 37.4 Å². The van der Waals surface area contributed by atoms with Gasteiger partial charge in [-0.05, 0) is 38.8 Å². The minimum Gasteiger partial charge on any atom is -0.342 e. The van der Waals surface area contributed by atoms with Crippen molar-refractivity contribution in [3.63, 3.8) is 0 Å². The standard InChI is InChI=1S/C19H25N5O.ClH/c25-19(15-8-10-20-11-9-15)24-12-4-7-16(13-24)18-21-17(22-23-18)14-5-2-1-3-6-14;/h1-3,5-6,15-16,20H,4,7-13H2,(H,21,22,23);1H. The van der Waals surface area contributed by atoms with Crippen LogP contribution in [0.3, 0.4) is 0 Å². The van der Waals surface area contributed by atoms with Crippen molar-refractivity contribution < 1.29 is 4.79 Å². The molecule has 2 saturated heterocycles. The number of amides is 1. The lowest BCUT2D eigenvalue weighted by molar-refractivity contribution is -0.137. The van der Waals surface area contributed by atoms with Crippen molar-refractivity contribution in [2.75, 3.05) is 26.2 Å². The van der Waals surface area contributed by atoms with Crippen LogP contribution in [0, 0.1) is 5.92 Å². The van der Waals surface area contributed by atoms with E-state index in [0.29, 0.717) is 5.91 Å². The molecule has 3 heterocycles. The molecular formula is C19H26ClN5O. The Morgan fingerprint density at radius 3 is 2.65 bits per heavy atom. The molecule has 6 nitrogen and oxygen atoms in total. The predicted octanol–water partition coefficient (Wildman–Crippen LogP) is 2.60. The number of carbonyl (C=O) groups excluding carboxylic acids is 1. The molecule has 1 aromatic heterocycles. The third kappa shape index (κ3) is 4.07. The van der Waals surface area contributed by atoms with Crippen LogP contribution >= 0.6 is 12.4 Å². The SMILES string of the molecule is Cl.O=C(C1CCNCC1)N1CCCC(c2nc(-c3ccccc3)n[nH]2)C1. The normalized spacial score (nSPS) is 21.2. The van der Waals surface area contributed by atoms with E-state index < -0.39 is 0 Å². The highest BCUT2D eigenvalue weighted by molar-refractivity contribution is 5.85. The number of piperidine rings is 2. The molecule has 1 amide bonds. The zero-order chi connectivity index (χ0) is 17.1. The number of nitrogens with zero attached hydrogens (tertiary/aromatic N) is 3. The summed E-state index contributed by atoms with van der Waals surface area (Å²) in [5, 5.41) is 10.8. The topological polar surface area (TPSA) is 73.9 Å². The Balaban J connectivity index is 0.00000196. The molecule has 26 heavy (non-hydrogen) atoms. The number of benzene rings is 1. The summed E-state index contributed by atoms with van der Waals surface area (Å²) in [6.07, 6.45) is 4.00. The molecule has 140 valence electrons. The quantitative estimate of drug-likeness (QED) is 0.864. The third-order valence-electron chi connectivity index (χ3n) is 5.34. The molecule has 1 aromatic carbocycles. The van der Waals surface area contributed by atoms with Crippen molar-refractivity contribution in [1.82, 2.24) is 25.4 Å². The van der Waals surface area contributed by atoms with Crippen LogP contribution < -0.4 is 5.32 Å². The van der Waals surface area contributed by atoms with Crippen molar-refractivity contribution >= 4 is 18.3 Å². The summed E-state index contributed by atoms with van der Waals surface area (Å²) in [6.45, 7) is 3.54. The van der Waals surface area contributed by atoms with Crippen molar-refractivity contribution in [2.45, 2.75) is 31.6 Å². The monoisotopic (exact) mass is 375 g/mol. The van der Waals surface area contributed by atoms with Crippen LogP contribution in [0.5, 0.6) is 0 Å². The van der Waals surface area contributed by atoms with Crippen LogP contribution in [0.15, 0.2) is 30.3 Å². The van der Waals surface area contributed by atoms with E-state index in [1.165, 1.54) is 0 Å². The minimum atomic E-state index is 0. The fourth-order valence-corrected chi connectivity index (χ4v) is 3.90. The summed E-state index contributed by atoms with van der Waals surface area (Å²) in [5.41, 5.74) is 1.02. The maximum absolute atomic E-state index is 12.8. The van der Waals surface area contributed by atoms with Gasteiger partial charge < -0.3 is 10.2 Å². The molecule has 4 rings (SSSR count). The van der Waals surface area contributed by atoms with Gasteiger partial charge in [0.25, 0.3) is 0 Å². The molecule has 0 spiro atoms. The van der Waals surface area contributed by atoms with Crippen molar-refractivity contribution in [2.24, 2.45) is 5.92 Å². The number of aromatic amines is 1. The average Bonchev–Trinajstić information content (AvgIpc) is 3.19. The lowest BCUT2D eigenvalue weighted by atomic mass is 9.92. The van der Waals surface area contributed by atoms with E-state index in [-0.39, 0.29) is 24.2 Å². The van der Waals surface area contributed by atoms with Gasteiger partial charge in [0.1, 0.15) is 5.82 Å².